The molecule has 2 aliphatic heterocycles. The van der Waals surface area contributed by atoms with E-state index in [4.69, 9.17) is 24.6 Å². The van der Waals surface area contributed by atoms with Crippen LogP contribution in [0.4, 0.5) is 11.4 Å². The molecule has 2 heterocycles. The smallest absolute Gasteiger partial charge is 1.00 e. The van der Waals surface area contributed by atoms with E-state index in [1.54, 1.807) is 38.5 Å². The summed E-state index contributed by atoms with van der Waals surface area (Å²) >= 11 is 3.40. The van der Waals surface area contributed by atoms with Crippen molar-refractivity contribution in [2.24, 2.45) is 0 Å². The van der Waals surface area contributed by atoms with Gasteiger partial charge in [-0.25, -0.2) is 0 Å². The Hall–Kier alpha value is -0.866. The summed E-state index contributed by atoms with van der Waals surface area (Å²) in [5.41, 5.74) is 5.51. The number of aliphatic hydroxyl groups is 2. The summed E-state index contributed by atoms with van der Waals surface area (Å²) in [7, 11) is 3.18. The van der Waals surface area contributed by atoms with E-state index in [2.05, 4.69) is 31.0 Å². The Labute approximate surface area is 447 Å². The van der Waals surface area contributed by atoms with Crippen molar-refractivity contribution in [3.05, 3.63) is 116 Å². The first-order valence-corrected chi connectivity index (χ1v) is 17.6. The van der Waals surface area contributed by atoms with Gasteiger partial charge in [0.1, 0.15) is 11.5 Å². The molecule has 0 saturated carbocycles. The van der Waals surface area contributed by atoms with Gasteiger partial charge >= 0.3 is 138 Å². The van der Waals surface area contributed by atoms with Gasteiger partial charge in [-0.05, 0) is 65.9 Å². The number of methoxy groups -OCH3 is 2. The summed E-state index contributed by atoms with van der Waals surface area (Å²) in [4.78, 5) is 34.5. The number of β-amino-alcohol motifs (C(OH)–C–C–N with tert-alkyl or cyclic N) is 2. The average molecular weight is 1070 g/mol. The molecule has 0 amide bonds. The number of ether oxygens (including phenoxy) is 2. The zero-order chi connectivity index (χ0) is 38.8. The Balaban J connectivity index is 0.000000842. The van der Waals surface area contributed by atoms with Gasteiger partial charge in [0.05, 0.1) is 36.3 Å². The summed E-state index contributed by atoms with van der Waals surface area (Å²) < 4.78 is 10.7. The molecule has 18 heteroatoms. The maximum atomic E-state index is 11.0. The number of likely N-dealkylation sites (tertiary alicyclic amines) is 1. The Bertz CT molecular complexity index is 1810. The first kappa shape index (κ1) is 52.2. The quantitative estimate of drug-likeness (QED) is 0.0568. The number of alkyl halides is 1. The third-order valence-electron chi connectivity index (χ3n) is 8.15. The maximum absolute atomic E-state index is 11.0. The van der Waals surface area contributed by atoms with Crippen LogP contribution < -0.4 is 158 Å². The maximum Gasteiger partial charge on any atom is 1.00 e. The van der Waals surface area contributed by atoms with Gasteiger partial charge < -0.3 is 36.6 Å². The molecule has 0 aliphatic carbocycles. The monoisotopic (exact) mass is 1060 g/mol. The van der Waals surface area contributed by atoms with Crippen molar-refractivity contribution in [2.75, 3.05) is 40.4 Å². The minimum Gasteiger partial charge on any atom is -1.00 e. The van der Waals surface area contributed by atoms with Crippen LogP contribution >= 0.6 is 15.9 Å². The number of carbonyl (C=O) groups excluding carboxylic acids is 1. The number of carbonyl (C=O) groups is 1. The molecule has 6 rings (SSSR count). The first-order chi connectivity index (χ1) is 25.5. The Kier molecular flexibility index (Phi) is 27.1. The van der Waals surface area contributed by atoms with E-state index in [0.717, 1.165) is 77.7 Å². The molecule has 4 aromatic rings. The van der Waals surface area contributed by atoms with Gasteiger partial charge in [0.2, 0.25) is 0 Å². The SMILES string of the molecule is COc1ccc(CBr)cc1-c1cccc([N+](=O)[O-])c1.COc1ccc(CN2CC[C@H](O)C2)cc1-c1cccc([N+](=O)[O-])c1.O=CO[O-].O[C@H]1CCNC1.[Cs+].[Cs+].[H-]. The summed E-state index contributed by atoms with van der Waals surface area (Å²) in [5.74, 6) is 1.38. The molecule has 2 atom stereocenters. The molecular weight excluding hydrogens is 1020 g/mol. The number of halogens is 1. The van der Waals surface area contributed by atoms with Crippen molar-refractivity contribution in [3.63, 3.8) is 0 Å². The van der Waals surface area contributed by atoms with Crippen molar-refractivity contribution >= 4 is 33.8 Å². The van der Waals surface area contributed by atoms with Gasteiger partial charge in [0.15, 0.2) is 0 Å². The number of aliphatic hydroxyl groups excluding tert-OH is 2. The van der Waals surface area contributed by atoms with Crippen LogP contribution in [0.1, 0.15) is 25.4 Å². The van der Waals surface area contributed by atoms with Crippen LogP contribution in [-0.2, 0) is 21.6 Å². The topological polar surface area (TPSA) is 210 Å². The van der Waals surface area contributed by atoms with Gasteiger partial charge in [-0.3, -0.25) is 29.9 Å². The number of hydrogen-bond acceptors (Lipinski definition) is 13. The molecule has 286 valence electrons. The molecule has 15 nitrogen and oxygen atoms in total. The summed E-state index contributed by atoms with van der Waals surface area (Å²) in [6.45, 7) is 3.89. The van der Waals surface area contributed by atoms with Crippen molar-refractivity contribution in [1.82, 2.24) is 10.2 Å². The van der Waals surface area contributed by atoms with E-state index in [0.29, 0.717) is 18.0 Å². The van der Waals surface area contributed by atoms with Crippen molar-refractivity contribution in [2.45, 2.75) is 36.9 Å². The third-order valence-corrected chi connectivity index (χ3v) is 8.79. The fourth-order valence-corrected chi connectivity index (χ4v) is 5.92. The summed E-state index contributed by atoms with van der Waals surface area (Å²) in [6, 6.07) is 24.8. The minimum atomic E-state index is -0.398. The second-order valence-corrected chi connectivity index (χ2v) is 12.4. The van der Waals surface area contributed by atoms with E-state index in [9.17, 15) is 25.3 Å². The molecule has 3 N–H and O–H groups in total. The van der Waals surface area contributed by atoms with E-state index in [1.807, 2.05) is 48.5 Å². The predicted octanol–water partition coefficient (Wildman–Crippen LogP) is -1.10. The molecule has 0 spiro atoms. The molecule has 55 heavy (non-hydrogen) atoms. The second kappa shape index (κ2) is 28.5. The van der Waals surface area contributed by atoms with Crippen molar-refractivity contribution in [1.29, 1.82) is 0 Å². The summed E-state index contributed by atoms with van der Waals surface area (Å²) in [6.07, 6.45) is 1.41. The van der Waals surface area contributed by atoms with E-state index in [-0.39, 0.29) is 169 Å². The molecule has 0 unspecified atom stereocenters. The zero-order valence-electron chi connectivity index (χ0n) is 32.3. The molecule has 2 aliphatic rings. The van der Waals surface area contributed by atoms with Gasteiger partial charge in [-0.2, -0.15) is 0 Å². The molecular formula is C37H43BrCs2N4O11. The number of benzene rings is 4. The van der Waals surface area contributed by atoms with Gasteiger partial charge in [-0.15, -0.1) is 0 Å². The number of rotatable bonds is 10. The van der Waals surface area contributed by atoms with Crippen LogP contribution in [0.2, 0.25) is 0 Å². The third kappa shape index (κ3) is 17.9. The van der Waals surface area contributed by atoms with Crippen molar-refractivity contribution in [3.8, 4) is 33.8 Å². The van der Waals surface area contributed by atoms with Crippen LogP contribution in [0.25, 0.3) is 22.3 Å². The zero-order valence-corrected chi connectivity index (χ0v) is 45.4. The van der Waals surface area contributed by atoms with E-state index < -0.39 is 9.85 Å². The predicted molar refractivity (Wildman–Crippen MR) is 200 cm³/mol. The van der Waals surface area contributed by atoms with Crippen LogP contribution in [-0.4, -0.2) is 84.0 Å². The molecule has 0 bridgehead atoms. The molecule has 2 fully saturated rings. The molecule has 0 aromatic heterocycles. The van der Waals surface area contributed by atoms with Crippen LogP contribution in [0.15, 0.2) is 84.9 Å². The van der Waals surface area contributed by atoms with Crippen molar-refractivity contribution < 1.29 is 184 Å². The van der Waals surface area contributed by atoms with E-state index in [1.165, 1.54) is 12.1 Å². The number of nitrogens with zero attached hydrogens (tertiary/aromatic N) is 3. The second-order valence-electron chi connectivity index (χ2n) is 11.8. The summed E-state index contributed by atoms with van der Waals surface area (Å²) in [5, 5.41) is 52.3. The van der Waals surface area contributed by atoms with E-state index >= 15 is 0 Å². The number of non-ortho nitro benzene ring substituents is 2. The fourth-order valence-electron chi connectivity index (χ4n) is 5.57. The Morgan fingerprint density at radius 2 is 1.35 bits per heavy atom. The van der Waals surface area contributed by atoms with Gasteiger partial charge in [-0.1, -0.05) is 52.3 Å². The molecule has 0 radical (unpaired) electrons. The van der Waals surface area contributed by atoms with Gasteiger partial charge in [0, 0.05) is 66.9 Å². The number of nitro groups is 2. The number of nitro benzene ring substituents is 2. The normalized spacial score (nSPS) is 15.5. The largest absolute Gasteiger partial charge is 1.00 e. The van der Waals surface area contributed by atoms with Crippen LogP contribution in [0.5, 0.6) is 11.5 Å². The van der Waals surface area contributed by atoms with Crippen LogP contribution in [0.3, 0.4) is 0 Å². The minimum absolute atomic E-state index is 0. The molecule has 2 saturated heterocycles. The molecule has 4 aromatic carbocycles. The average Bonchev–Trinajstić information content (AvgIpc) is 3.84. The number of nitrogens with one attached hydrogen (secondary N) is 1. The Morgan fingerprint density at radius 3 is 1.71 bits per heavy atom. The Morgan fingerprint density at radius 1 is 0.836 bits per heavy atom. The van der Waals surface area contributed by atoms with Crippen LogP contribution in [0, 0.1) is 20.2 Å². The number of hydrogen-bond donors (Lipinski definition) is 3. The first-order valence-electron chi connectivity index (χ1n) is 16.4. The standard InChI is InChI=1S/C18H20N2O4.C14H12BrNO3.C4H9NO.CH2O3.2Cs.H/c1-24-18-6-5-13(11-19-8-7-16(21)12-19)9-17(18)14-3-2-4-15(10-14)20(22)23;1-19-14-6-5-10(9-15)7-13(14)11-3-2-4-12(8-11)16(17)18;6-4-1-2-5-3-4;2-1-4-3;;;/h2-6,9-10,16,21H,7-8,11-12H2,1H3;2-8H,9H2,1H3;4-6H,1-3H2;1,3H;;;/q;;;;2*+1;-1/p-1/t16-;;4-;;;;/m0.0..../s1. The van der Waals surface area contributed by atoms with Gasteiger partial charge in [0.25, 0.3) is 17.8 Å². The fraction of sp³-hybridized carbons (Fsp3) is 0.324.